The monoisotopic (exact) mass is 420 g/mol. The van der Waals surface area contributed by atoms with Gasteiger partial charge in [0.05, 0.1) is 18.9 Å². The molecular weight excluding hydrogens is 392 g/mol. The number of anilines is 1. The lowest BCUT2D eigenvalue weighted by Gasteiger charge is -2.36. The van der Waals surface area contributed by atoms with Gasteiger partial charge >= 0.3 is 0 Å². The van der Waals surface area contributed by atoms with Crippen LogP contribution in [0.4, 0.5) is 5.82 Å². The Kier molecular flexibility index (Phi) is 5.86. The van der Waals surface area contributed by atoms with Gasteiger partial charge in [-0.2, -0.15) is 4.98 Å². The van der Waals surface area contributed by atoms with Crippen molar-refractivity contribution in [2.24, 2.45) is 0 Å². The van der Waals surface area contributed by atoms with Crippen molar-refractivity contribution in [1.29, 1.82) is 0 Å². The largest absolute Gasteiger partial charge is 0.478 e. The number of rotatable bonds is 7. The van der Waals surface area contributed by atoms with Gasteiger partial charge in [0.15, 0.2) is 0 Å². The summed E-state index contributed by atoms with van der Waals surface area (Å²) in [4.78, 5) is 18.5. The zero-order valence-electron chi connectivity index (χ0n) is 17.6. The summed E-state index contributed by atoms with van der Waals surface area (Å²) >= 11 is 0. The number of carbonyl (C=O) groups excluding carboxylic acids is 1. The van der Waals surface area contributed by atoms with E-state index in [1.165, 1.54) is 5.56 Å². The first-order valence-electron chi connectivity index (χ1n) is 11.1. The lowest BCUT2D eigenvalue weighted by Crippen LogP contribution is -2.46. The molecular formula is C24H28N4O3. The number of aromatic nitrogens is 1. The minimum Gasteiger partial charge on any atom is -0.478 e. The molecule has 4 heterocycles. The fourth-order valence-electron chi connectivity index (χ4n) is 4.50. The van der Waals surface area contributed by atoms with Crippen molar-refractivity contribution < 1.29 is 13.9 Å². The Morgan fingerprint density at radius 2 is 2.13 bits per heavy atom. The predicted molar refractivity (Wildman–Crippen MR) is 118 cm³/mol. The van der Waals surface area contributed by atoms with Gasteiger partial charge < -0.3 is 19.8 Å². The van der Waals surface area contributed by atoms with Gasteiger partial charge in [-0.3, -0.25) is 9.69 Å². The molecule has 1 fully saturated rings. The summed E-state index contributed by atoms with van der Waals surface area (Å²) in [6, 6.07) is 12.6. The Morgan fingerprint density at radius 1 is 1.16 bits per heavy atom. The zero-order chi connectivity index (χ0) is 21.0. The molecule has 4 aliphatic rings. The maximum atomic E-state index is 11.6. The number of pyridine rings is 1. The van der Waals surface area contributed by atoms with Gasteiger partial charge in [0.1, 0.15) is 11.6 Å². The van der Waals surface area contributed by atoms with Crippen molar-refractivity contribution in [3.63, 3.8) is 0 Å². The predicted octanol–water partition coefficient (Wildman–Crippen LogP) is 3.47. The number of hydrogen-bond donors (Lipinski definition) is 2. The third-order valence-electron chi connectivity index (χ3n) is 6.14. The minimum absolute atomic E-state index is 0.0214. The average Bonchev–Trinajstić information content (AvgIpc) is 3.23. The standard InChI is InChI=1S/C24H28N4O3/c29-21-9-6-18-7-10-22(27-24(18)26-21)30-14-2-1-12-28-13-11-25-16-20(28)19-8-5-17-4-3-15-31-23(17)19/h3-5,7-8,10,15,20,25H,1-2,6,9,11-14,16H2,(H,26,27,29). The third kappa shape index (κ3) is 4.43. The molecule has 0 aromatic carbocycles. The smallest absolute Gasteiger partial charge is 0.225 e. The number of unbranched alkanes of at least 4 members (excludes halogenated alkanes) is 1. The number of ether oxygens (including phenoxy) is 1. The Labute approximate surface area is 182 Å². The van der Waals surface area contributed by atoms with Crippen LogP contribution in [0.2, 0.25) is 0 Å². The molecule has 0 radical (unpaired) electrons. The number of hydrogen-bond acceptors (Lipinski definition) is 6. The molecule has 0 saturated carbocycles. The molecule has 1 aromatic heterocycles. The first-order valence-corrected chi connectivity index (χ1v) is 11.1. The van der Waals surface area contributed by atoms with Crippen LogP contribution >= 0.6 is 0 Å². The van der Waals surface area contributed by atoms with Crippen molar-refractivity contribution in [2.45, 2.75) is 31.7 Å². The van der Waals surface area contributed by atoms with Gasteiger partial charge in [-0.15, -0.1) is 0 Å². The van der Waals surface area contributed by atoms with Crippen LogP contribution in [0.15, 0.2) is 47.1 Å². The third-order valence-corrected chi connectivity index (χ3v) is 6.14. The molecule has 2 N–H and O–H groups in total. The molecule has 7 heteroatoms. The van der Waals surface area contributed by atoms with E-state index >= 15 is 0 Å². The van der Waals surface area contributed by atoms with Crippen molar-refractivity contribution in [1.82, 2.24) is 15.2 Å². The summed E-state index contributed by atoms with van der Waals surface area (Å²) in [6.45, 7) is 4.60. The van der Waals surface area contributed by atoms with E-state index in [-0.39, 0.29) is 5.91 Å². The molecule has 3 aliphatic heterocycles. The number of amides is 1. The van der Waals surface area contributed by atoms with Gasteiger partial charge in [0, 0.05) is 43.2 Å². The van der Waals surface area contributed by atoms with Crippen LogP contribution in [0.5, 0.6) is 5.88 Å². The summed E-state index contributed by atoms with van der Waals surface area (Å²) in [5.74, 6) is 2.24. The van der Waals surface area contributed by atoms with Crippen LogP contribution in [0.25, 0.3) is 11.3 Å². The van der Waals surface area contributed by atoms with Crippen LogP contribution < -0.4 is 15.4 Å². The van der Waals surface area contributed by atoms with E-state index in [2.05, 4.69) is 38.7 Å². The Morgan fingerprint density at radius 3 is 3.10 bits per heavy atom. The number of aryl methyl sites for hydroxylation is 1. The molecule has 1 saturated heterocycles. The van der Waals surface area contributed by atoms with E-state index in [1.54, 1.807) is 6.26 Å². The van der Waals surface area contributed by atoms with Crippen LogP contribution in [0.3, 0.4) is 0 Å². The van der Waals surface area contributed by atoms with Crippen LogP contribution in [0.1, 0.15) is 36.4 Å². The Hall–Kier alpha value is -2.90. The topological polar surface area (TPSA) is 79.6 Å². The van der Waals surface area contributed by atoms with Gasteiger partial charge in [-0.1, -0.05) is 12.1 Å². The maximum absolute atomic E-state index is 11.6. The molecule has 162 valence electrons. The van der Waals surface area contributed by atoms with E-state index in [4.69, 9.17) is 9.15 Å². The van der Waals surface area contributed by atoms with E-state index in [1.807, 2.05) is 18.2 Å². The van der Waals surface area contributed by atoms with Crippen LogP contribution in [-0.4, -0.2) is 48.6 Å². The second kappa shape index (κ2) is 9.08. The lowest BCUT2D eigenvalue weighted by atomic mass is 10.0. The lowest BCUT2D eigenvalue weighted by molar-refractivity contribution is -0.116. The maximum Gasteiger partial charge on any atom is 0.225 e. The molecule has 31 heavy (non-hydrogen) atoms. The Bertz CT molecular complexity index is 1020. The molecule has 5 rings (SSSR count). The zero-order valence-corrected chi connectivity index (χ0v) is 17.6. The summed E-state index contributed by atoms with van der Waals surface area (Å²) in [6.07, 6.45) is 5.02. The van der Waals surface area contributed by atoms with E-state index in [9.17, 15) is 4.79 Å². The van der Waals surface area contributed by atoms with Crippen molar-refractivity contribution in [2.75, 3.05) is 38.1 Å². The van der Waals surface area contributed by atoms with Gasteiger partial charge in [-0.05, 0) is 49.6 Å². The SMILES string of the molecule is O=C1CCc2ccc(OCCCCN3CCNCC3c3ccc4cccoc3-4)nc2N1. The highest BCUT2D eigenvalue weighted by Crippen LogP contribution is 2.35. The summed E-state index contributed by atoms with van der Waals surface area (Å²) in [5.41, 5.74) is 3.49. The van der Waals surface area contributed by atoms with Crippen molar-refractivity contribution >= 4 is 11.7 Å². The van der Waals surface area contributed by atoms with Crippen molar-refractivity contribution in [3.05, 3.63) is 53.8 Å². The van der Waals surface area contributed by atoms with E-state index in [0.29, 0.717) is 30.8 Å². The normalized spacial score (nSPS) is 19.2. The van der Waals surface area contributed by atoms with Gasteiger partial charge in [-0.25, -0.2) is 0 Å². The summed E-state index contributed by atoms with van der Waals surface area (Å²) < 4.78 is 11.7. The number of fused-ring (bicyclic) bond motifs is 2. The van der Waals surface area contributed by atoms with E-state index < -0.39 is 0 Å². The number of nitrogens with one attached hydrogen (secondary N) is 2. The second-order valence-corrected chi connectivity index (χ2v) is 8.20. The molecule has 7 nitrogen and oxygen atoms in total. The number of piperazine rings is 1. The highest BCUT2D eigenvalue weighted by molar-refractivity contribution is 5.92. The first kappa shape index (κ1) is 20.0. The number of nitrogens with zero attached hydrogens (tertiary/aromatic N) is 2. The molecule has 1 unspecified atom stereocenters. The van der Waals surface area contributed by atoms with Crippen molar-refractivity contribution in [3.8, 4) is 17.2 Å². The molecule has 0 spiro atoms. The van der Waals surface area contributed by atoms with Gasteiger partial charge in [0.2, 0.25) is 11.8 Å². The summed E-state index contributed by atoms with van der Waals surface area (Å²) in [7, 11) is 0. The number of carbonyl (C=O) groups is 1. The molecule has 1 atom stereocenters. The summed E-state index contributed by atoms with van der Waals surface area (Å²) in [5, 5.41) is 6.35. The first-order chi connectivity index (χ1) is 15.3. The van der Waals surface area contributed by atoms with Gasteiger partial charge in [0.25, 0.3) is 0 Å². The highest BCUT2D eigenvalue weighted by atomic mass is 16.5. The quantitative estimate of drug-likeness (QED) is 0.570. The van der Waals surface area contributed by atoms with E-state index in [0.717, 1.165) is 62.3 Å². The minimum atomic E-state index is 0.0214. The fraction of sp³-hybridized carbons (Fsp3) is 0.417. The molecule has 1 aliphatic carbocycles. The highest BCUT2D eigenvalue weighted by Gasteiger charge is 2.28. The second-order valence-electron chi connectivity index (χ2n) is 8.20. The molecule has 0 bridgehead atoms. The fourth-order valence-corrected chi connectivity index (χ4v) is 4.50. The molecule has 1 amide bonds. The van der Waals surface area contributed by atoms with Crippen LogP contribution in [0, 0.1) is 0 Å². The average molecular weight is 421 g/mol. The Balaban J connectivity index is 1.13. The molecule has 1 aromatic rings. The van der Waals surface area contributed by atoms with Crippen LogP contribution in [-0.2, 0) is 11.2 Å².